The summed E-state index contributed by atoms with van der Waals surface area (Å²) in [7, 11) is -3.10. The van der Waals surface area contributed by atoms with E-state index in [0.29, 0.717) is 19.0 Å². The number of aromatic amines is 1. The van der Waals surface area contributed by atoms with Gasteiger partial charge in [0.05, 0.1) is 31.2 Å². The lowest BCUT2D eigenvalue weighted by atomic mass is 9.89. The highest BCUT2D eigenvalue weighted by atomic mass is 32.2. The first-order chi connectivity index (χ1) is 15.5. The maximum atomic E-state index is 12.2. The Hall–Kier alpha value is -1.78. The van der Waals surface area contributed by atoms with E-state index >= 15 is 0 Å². The van der Waals surface area contributed by atoms with Crippen LogP contribution < -0.4 is 0 Å². The molecule has 0 spiro atoms. The molecule has 1 N–H and O–H groups in total. The number of H-pyrrole nitrogens is 1. The number of fused-ring (bicyclic) bond motifs is 1. The first kappa shape index (κ1) is 22.0. The molecule has 0 aliphatic carbocycles. The number of hydrogen-bond acceptors (Lipinski definition) is 6. The summed E-state index contributed by atoms with van der Waals surface area (Å²) in [4.78, 5) is 10.7. The van der Waals surface area contributed by atoms with Crippen LogP contribution in [0.15, 0.2) is 29.8 Å². The molecule has 0 bridgehead atoms. The van der Waals surface area contributed by atoms with Crippen molar-refractivity contribution in [3.8, 4) is 11.3 Å². The van der Waals surface area contributed by atoms with E-state index < -0.39 is 10.0 Å². The molecule has 0 amide bonds. The highest BCUT2D eigenvalue weighted by Crippen LogP contribution is 2.36. The molecule has 4 heterocycles. The van der Waals surface area contributed by atoms with Crippen LogP contribution in [0.5, 0.6) is 0 Å². The van der Waals surface area contributed by atoms with Crippen molar-refractivity contribution in [2.75, 3.05) is 45.1 Å². The Kier molecular flexibility index (Phi) is 6.35. The molecule has 0 atom stereocenters. The van der Waals surface area contributed by atoms with Crippen molar-refractivity contribution in [1.29, 1.82) is 0 Å². The second-order valence-corrected chi connectivity index (χ2v) is 11.8. The Morgan fingerprint density at radius 1 is 1.19 bits per heavy atom. The summed E-state index contributed by atoms with van der Waals surface area (Å²) < 4.78 is 31.5. The van der Waals surface area contributed by atoms with Gasteiger partial charge in [0.25, 0.3) is 0 Å². The molecule has 0 unspecified atom stereocenters. The third kappa shape index (κ3) is 4.49. The molecule has 7 nitrogen and oxygen atoms in total. The molecule has 9 heteroatoms. The van der Waals surface area contributed by atoms with Crippen molar-refractivity contribution < 1.29 is 13.2 Å². The van der Waals surface area contributed by atoms with E-state index in [0.717, 1.165) is 67.5 Å². The second-order valence-electron chi connectivity index (χ2n) is 8.59. The van der Waals surface area contributed by atoms with Gasteiger partial charge in [0.2, 0.25) is 10.0 Å². The van der Waals surface area contributed by atoms with Gasteiger partial charge in [-0.15, -0.1) is 11.3 Å². The molecule has 0 saturated carbocycles. The van der Waals surface area contributed by atoms with Crippen molar-refractivity contribution in [3.05, 3.63) is 40.3 Å². The van der Waals surface area contributed by atoms with Crippen molar-refractivity contribution >= 4 is 32.3 Å². The number of hydrogen-bond donors (Lipinski definition) is 1. The van der Waals surface area contributed by atoms with E-state index in [4.69, 9.17) is 9.72 Å². The SMILES string of the molecule is CCS(=O)(=O)N1CCC(c2c[nH]c3ccc(-c4csc(CN5CCOCC5)n4)cc23)CC1. The van der Waals surface area contributed by atoms with Gasteiger partial charge in [0, 0.05) is 54.2 Å². The van der Waals surface area contributed by atoms with E-state index in [1.54, 1.807) is 22.6 Å². The largest absolute Gasteiger partial charge is 0.379 e. The van der Waals surface area contributed by atoms with Crippen LogP contribution >= 0.6 is 11.3 Å². The Morgan fingerprint density at radius 3 is 2.72 bits per heavy atom. The molecular weight excluding hydrogens is 444 g/mol. The van der Waals surface area contributed by atoms with Crippen LogP contribution in [-0.2, 0) is 21.3 Å². The topological polar surface area (TPSA) is 78.5 Å². The normalized spacial score (nSPS) is 19.7. The highest BCUT2D eigenvalue weighted by Gasteiger charge is 2.28. The Labute approximate surface area is 193 Å². The first-order valence-corrected chi connectivity index (χ1v) is 13.9. The number of sulfonamides is 1. The third-order valence-corrected chi connectivity index (χ3v) is 9.39. The smallest absolute Gasteiger partial charge is 0.213 e. The average molecular weight is 475 g/mol. The van der Waals surface area contributed by atoms with Gasteiger partial charge in [-0.05, 0) is 43.4 Å². The van der Waals surface area contributed by atoms with Crippen molar-refractivity contribution in [3.63, 3.8) is 0 Å². The van der Waals surface area contributed by atoms with Gasteiger partial charge in [-0.3, -0.25) is 4.90 Å². The number of rotatable bonds is 6. The van der Waals surface area contributed by atoms with Crippen LogP contribution in [-0.4, -0.2) is 72.7 Å². The zero-order valence-corrected chi connectivity index (χ0v) is 20.1. The predicted molar refractivity (Wildman–Crippen MR) is 129 cm³/mol. The van der Waals surface area contributed by atoms with Crippen LogP contribution in [0.4, 0.5) is 0 Å². The summed E-state index contributed by atoms with van der Waals surface area (Å²) in [5.74, 6) is 0.546. The molecule has 0 radical (unpaired) electrons. The lowest BCUT2D eigenvalue weighted by Crippen LogP contribution is -2.38. The maximum absolute atomic E-state index is 12.2. The van der Waals surface area contributed by atoms with Crippen LogP contribution in [0.1, 0.15) is 36.3 Å². The maximum Gasteiger partial charge on any atom is 0.213 e. The standard InChI is InChI=1S/C23H30N4O3S2/c1-2-32(28,29)27-7-5-17(6-8-27)20-14-24-21-4-3-18(13-19(20)21)22-16-31-23(25-22)15-26-9-11-30-12-10-26/h3-4,13-14,16-17,24H,2,5-12,15H2,1H3. The van der Waals surface area contributed by atoms with Crippen LogP contribution in [0.25, 0.3) is 22.2 Å². The minimum Gasteiger partial charge on any atom is -0.379 e. The summed E-state index contributed by atoms with van der Waals surface area (Å²) in [6, 6.07) is 6.50. The number of benzene rings is 1. The molecule has 5 rings (SSSR count). The summed E-state index contributed by atoms with van der Waals surface area (Å²) in [5.41, 5.74) is 4.57. The fourth-order valence-corrected chi connectivity index (χ4v) is 6.71. The number of aromatic nitrogens is 2. The highest BCUT2D eigenvalue weighted by molar-refractivity contribution is 7.89. The van der Waals surface area contributed by atoms with Gasteiger partial charge < -0.3 is 9.72 Å². The minimum atomic E-state index is -3.10. The number of morpholine rings is 1. The zero-order chi connectivity index (χ0) is 22.1. The van der Waals surface area contributed by atoms with Crippen molar-refractivity contribution in [2.45, 2.75) is 32.2 Å². The number of ether oxygens (including phenoxy) is 1. The van der Waals surface area contributed by atoms with E-state index in [9.17, 15) is 8.42 Å². The third-order valence-electron chi connectivity index (χ3n) is 6.68. The molecule has 2 saturated heterocycles. The fourth-order valence-electron chi connectivity index (χ4n) is 4.73. The second kappa shape index (κ2) is 9.23. The van der Waals surface area contributed by atoms with Gasteiger partial charge in [-0.25, -0.2) is 17.7 Å². The first-order valence-electron chi connectivity index (χ1n) is 11.4. The molecule has 2 fully saturated rings. The quantitative estimate of drug-likeness (QED) is 0.590. The van der Waals surface area contributed by atoms with E-state index in [-0.39, 0.29) is 5.75 Å². The molecule has 32 heavy (non-hydrogen) atoms. The van der Waals surface area contributed by atoms with Crippen LogP contribution in [0.2, 0.25) is 0 Å². The number of nitrogens with one attached hydrogen (secondary N) is 1. The summed E-state index contributed by atoms with van der Waals surface area (Å²) in [5, 5.41) is 4.51. The van der Waals surface area contributed by atoms with E-state index in [1.165, 1.54) is 10.9 Å². The molecule has 2 aromatic heterocycles. The molecular formula is C23H30N4O3S2. The molecule has 172 valence electrons. The monoisotopic (exact) mass is 474 g/mol. The summed E-state index contributed by atoms with van der Waals surface area (Å²) >= 11 is 1.72. The van der Waals surface area contributed by atoms with Gasteiger partial charge in [0.1, 0.15) is 5.01 Å². The van der Waals surface area contributed by atoms with Crippen molar-refractivity contribution in [2.24, 2.45) is 0 Å². The Morgan fingerprint density at radius 2 is 1.97 bits per heavy atom. The van der Waals surface area contributed by atoms with Gasteiger partial charge in [-0.1, -0.05) is 6.07 Å². The summed E-state index contributed by atoms with van der Waals surface area (Å²) in [6.07, 6.45) is 3.82. The van der Waals surface area contributed by atoms with Gasteiger partial charge in [-0.2, -0.15) is 0 Å². The predicted octanol–water partition coefficient (Wildman–Crippen LogP) is 3.65. The molecule has 3 aromatic rings. The number of thiazole rings is 1. The van der Waals surface area contributed by atoms with Crippen LogP contribution in [0.3, 0.4) is 0 Å². The lowest BCUT2D eigenvalue weighted by Gasteiger charge is -2.30. The van der Waals surface area contributed by atoms with Gasteiger partial charge in [0.15, 0.2) is 0 Å². The zero-order valence-electron chi connectivity index (χ0n) is 18.4. The molecule has 2 aliphatic rings. The van der Waals surface area contributed by atoms with Gasteiger partial charge >= 0.3 is 0 Å². The summed E-state index contributed by atoms with van der Waals surface area (Å²) in [6.45, 7) is 7.33. The average Bonchev–Trinajstić information content (AvgIpc) is 3.46. The lowest BCUT2D eigenvalue weighted by molar-refractivity contribution is 0.0342. The number of piperidine rings is 1. The molecule has 1 aromatic carbocycles. The van der Waals surface area contributed by atoms with E-state index in [2.05, 4.69) is 39.7 Å². The minimum absolute atomic E-state index is 0.176. The van der Waals surface area contributed by atoms with E-state index in [1.807, 2.05) is 0 Å². The molecule has 2 aliphatic heterocycles. The Balaban J connectivity index is 1.33. The number of nitrogens with zero attached hydrogens (tertiary/aromatic N) is 3. The van der Waals surface area contributed by atoms with Crippen molar-refractivity contribution in [1.82, 2.24) is 19.2 Å². The van der Waals surface area contributed by atoms with Crippen LogP contribution in [0, 0.1) is 0 Å². The Bertz CT molecular complexity index is 1170. The fraction of sp³-hybridized carbons (Fsp3) is 0.522.